The average Bonchev–Trinajstić information content (AvgIpc) is 2.55. The molecule has 2 unspecified atom stereocenters. The van der Waals surface area contributed by atoms with Crippen LogP contribution >= 0.6 is 15.9 Å². The maximum atomic E-state index is 3.68. The summed E-state index contributed by atoms with van der Waals surface area (Å²) in [4.78, 5) is 2.61. The Morgan fingerprint density at radius 3 is 2.57 bits per heavy atom. The van der Waals surface area contributed by atoms with Crippen LogP contribution in [0.2, 0.25) is 0 Å². The standard InChI is InChI=1S/C18H23BrN2/c1-3-13-12-21(14(4-2)11-20-13)18-10-9-17(19)15-7-5-6-8-16(15)18/h5-10,13-14,20H,3-4,11-12H2,1-2H3. The molecule has 0 amide bonds. The average molecular weight is 347 g/mol. The lowest BCUT2D eigenvalue weighted by Gasteiger charge is -2.42. The molecule has 2 nitrogen and oxygen atoms in total. The lowest BCUT2D eigenvalue weighted by molar-refractivity contribution is 0.379. The minimum atomic E-state index is 0.581. The predicted molar refractivity (Wildman–Crippen MR) is 95.2 cm³/mol. The third-order valence-electron chi connectivity index (χ3n) is 4.62. The molecule has 1 N–H and O–H groups in total. The van der Waals surface area contributed by atoms with Crippen LogP contribution in [0.3, 0.4) is 0 Å². The molecule has 0 spiro atoms. The minimum Gasteiger partial charge on any atom is -0.365 e. The van der Waals surface area contributed by atoms with Gasteiger partial charge in [0.15, 0.2) is 0 Å². The first-order valence-corrected chi connectivity index (χ1v) is 8.71. The van der Waals surface area contributed by atoms with Crippen molar-refractivity contribution in [2.24, 2.45) is 0 Å². The Kier molecular flexibility index (Phi) is 4.51. The predicted octanol–water partition coefficient (Wildman–Crippen LogP) is 4.57. The second-order valence-electron chi connectivity index (χ2n) is 5.84. The number of anilines is 1. The molecule has 1 saturated heterocycles. The first kappa shape index (κ1) is 14.9. The van der Waals surface area contributed by atoms with Crippen molar-refractivity contribution in [1.29, 1.82) is 0 Å². The highest BCUT2D eigenvalue weighted by Crippen LogP contribution is 2.34. The van der Waals surface area contributed by atoms with Gasteiger partial charge in [0.2, 0.25) is 0 Å². The molecule has 0 aliphatic carbocycles. The van der Waals surface area contributed by atoms with Crippen LogP contribution in [-0.4, -0.2) is 25.2 Å². The van der Waals surface area contributed by atoms with Crippen molar-refractivity contribution in [1.82, 2.24) is 5.32 Å². The van der Waals surface area contributed by atoms with E-state index >= 15 is 0 Å². The highest BCUT2D eigenvalue weighted by Gasteiger charge is 2.27. The highest BCUT2D eigenvalue weighted by molar-refractivity contribution is 9.10. The maximum absolute atomic E-state index is 3.68. The van der Waals surface area contributed by atoms with E-state index in [0.717, 1.165) is 13.1 Å². The zero-order valence-corrected chi connectivity index (χ0v) is 14.4. The second kappa shape index (κ2) is 6.37. The Morgan fingerprint density at radius 1 is 1.10 bits per heavy atom. The molecule has 3 rings (SSSR count). The molecular weight excluding hydrogens is 324 g/mol. The van der Waals surface area contributed by atoms with Crippen molar-refractivity contribution in [3.05, 3.63) is 40.9 Å². The van der Waals surface area contributed by atoms with Gasteiger partial charge in [0.05, 0.1) is 0 Å². The van der Waals surface area contributed by atoms with Crippen LogP contribution in [0.1, 0.15) is 26.7 Å². The van der Waals surface area contributed by atoms with Crippen LogP contribution < -0.4 is 10.2 Å². The van der Waals surface area contributed by atoms with Gasteiger partial charge in [-0.05, 0) is 30.4 Å². The van der Waals surface area contributed by atoms with Gasteiger partial charge in [-0.15, -0.1) is 0 Å². The van der Waals surface area contributed by atoms with Crippen molar-refractivity contribution >= 4 is 32.4 Å². The van der Waals surface area contributed by atoms with Gasteiger partial charge in [0, 0.05) is 40.7 Å². The smallest absolute Gasteiger partial charge is 0.0450 e. The summed E-state index contributed by atoms with van der Waals surface area (Å²) in [7, 11) is 0. The van der Waals surface area contributed by atoms with E-state index in [9.17, 15) is 0 Å². The Bertz CT molecular complexity index is 626. The number of benzene rings is 2. The molecule has 1 aliphatic rings. The number of fused-ring (bicyclic) bond motifs is 1. The molecule has 1 aliphatic heterocycles. The minimum absolute atomic E-state index is 0.581. The van der Waals surface area contributed by atoms with Crippen LogP contribution in [-0.2, 0) is 0 Å². The maximum Gasteiger partial charge on any atom is 0.0450 e. The zero-order chi connectivity index (χ0) is 14.8. The second-order valence-corrected chi connectivity index (χ2v) is 6.69. The summed E-state index contributed by atoms with van der Waals surface area (Å²) in [6.07, 6.45) is 2.36. The van der Waals surface area contributed by atoms with Crippen molar-refractivity contribution in [3.8, 4) is 0 Å². The normalized spacial score (nSPS) is 22.7. The van der Waals surface area contributed by atoms with Gasteiger partial charge < -0.3 is 10.2 Å². The van der Waals surface area contributed by atoms with E-state index in [-0.39, 0.29) is 0 Å². The lowest BCUT2D eigenvalue weighted by atomic mass is 10.0. The summed E-state index contributed by atoms with van der Waals surface area (Å²) in [5, 5.41) is 6.33. The molecule has 1 fully saturated rings. The fraction of sp³-hybridized carbons (Fsp3) is 0.444. The number of nitrogens with zero attached hydrogens (tertiary/aromatic N) is 1. The van der Waals surface area contributed by atoms with Gasteiger partial charge in [-0.2, -0.15) is 0 Å². The Hall–Kier alpha value is -1.06. The third-order valence-corrected chi connectivity index (χ3v) is 5.31. The van der Waals surface area contributed by atoms with Crippen LogP contribution in [0, 0.1) is 0 Å². The molecule has 21 heavy (non-hydrogen) atoms. The van der Waals surface area contributed by atoms with Crippen molar-refractivity contribution in [2.45, 2.75) is 38.8 Å². The molecule has 2 aromatic rings. The summed E-state index contributed by atoms with van der Waals surface area (Å²) in [5.41, 5.74) is 1.38. The van der Waals surface area contributed by atoms with E-state index in [2.05, 4.69) is 76.4 Å². The van der Waals surface area contributed by atoms with Gasteiger partial charge in [-0.1, -0.05) is 54.0 Å². The van der Waals surface area contributed by atoms with Gasteiger partial charge in [0.1, 0.15) is 0 Å². The quantitative estimate of drug-likeness (QED) is 0.875. The summed E-state index contributed by atoms with van der Waals surface area (Å²) >= 11 is 3.68. The third kappa shape index (κ3) is 2.82. The van der Waals surface area contributed by atoms with Crippen LogP contribution in [0.25, 0.3) is 10.8 Å². The van der Waals surface area contributed by atoms with Gasteiger partial charge in [0.25, 0.3) is 0 Å². The van der Waals surface area contributed by atoms with Crippen LogP contribution in [0.15, 0.2) is 40.9 Å². The molecule has 112 valence electrons. The molecule has 0 saturated carbocycles. The summed E-state index contributed by atoms with van der Waals surface area (Å²) < 4.78 is 1.18. The topological polar surface area (TPSA) is 15.3 Å². The lowest BCUT2D eigenvalue weighted by Crippen LogP contribution is -2.56. The van der Waals surface area contributed by atoms with E-state index in [0.29, 0.717) is 12.1 Å². The number of rotatable bonds is 3. The Balaban J connectivity index is 2.07. The Morgan fingerprint density at radius 2 is 1.86 bits per heavy atom. The first-order chi connectivity index (χ1) is 10.2. The molecule has 0 radical (unpaired) electrons. The van der Waals surface area contributed by atoms with Crippen LogP contribution in [0.4, 0.5) is 5.69 Å². The monoisotopic (exact) mass is 346 g/mol. The highest BCUT2D eigenvalue weighted by atomic mass is 79.9. The number of hydrogen-bond acceptors (Lipinski definition) is 2. The molecule has 2 aromatic carbocycles. The van der Waals surface area contributed by atoms with E-state index in [1.54, 1.807) is 0 Å². The molecule has 2 atom stereocenters. The fourth-order valence-corrected chi connectivity index (χ4v) is 3.77. The summed E-state index contributed by atoms with van der Waals surface area (Å²) in [5.74, 6) is 0. The molecule has 1 heterocycles. The molecule has 0 bridgehead atoms. The van der Waals surface area contributed by atoms with Gasteiger partial charge >= 0.3 is 0 Å². The number of nitrogens with one attached hydrogen (secondary N) is 1. The fourth-order valence-electron chi connectivity index (χ4n) is 3.29. The largest absolute Gasteiger partial charge is 0.365 e. The van der Waals surface area contributed by atoms with E-state index in [4.69, 9.17) is 0 Å². The van der Waals surface area contributed by atoms with Gasteiger partial charge in [-0.3, -0.25) is 0 Å². The van der Waals surface area contributed by atoms with Crippen molar-refractivity contribution < 1.29 is 0 Å². The first-order valence-electron chi connectivity index (χ1n) is 7.91. The summed E-state index contributed by atoms with van der Waals surface area (Å²) in [6.45, 7) is 6.73. The van der Waals surface area contributed by atoms with Crippen LogP contribution in [0.5, 0.6) is 0 Å². The van der Waals surface area contributed by atoms with Crippen molar-refractivity contribution in [3.63, 3.8) is 0 Å². The number of hydrogen-bond donors (Lipinski definition) is 1. The number of halogens is 1. The molecular formula is C18H23BrN2. The van der Waals surface area contributed by atoms with Crippen molar-refractivity contribution in [2.75, 3.05) is 18.0 Å². The van der Waals surface area contributed by atoms with E-state index in [1.165, 1.54) is 33.8 Å². The van der Waals surface area contributed by atoms with E-state index < -0.39 is 0 Å². The summed E-state index contributed by atoms with van der Waals surface area (Å²) in [6, 6.07) is 14.3. The molecule has 3 heteroatoms. The van der Waals surface area contributed by atoms with Gasteiger partial charge in [-0.25, -0.2) is 0 Å². The zero-order valence-electron chi connectivity index (χ0n) is 12.8. The SMILES string of the molecule is CCC1CN(c2ccc(Br)c3ccccc23)C(CC)CN1. The van der Waals surface area contributed by atoms with E-state index in [1.807, 2.05) is 0 Å². The Labute approximate surface area is 135 Å². The number of piperazine rings is 1. The molecule has 0 aromatic heterocycles.